The fourth-order valence-corrected chi connectivity index (χ4v) is 1.13. The molecule has 1 unspecified atom stereocenters. The lowest BCUT2D eigenvalue weighted by atomic mass is 10.2. The maximum absolute atomic E-state index is 11.6. The number of hydrogen-bond acceptors (Lipinski definition) is 4. The lowest BCUT2D eigenvalue weighted by Gasteiger charge is -2.15. The first-order chi connectivity index (χ1) is 8.17. The van der Waals surface area contributed by atoms with Crippen molar-refractivity contribution in [3.63, 3.8) is 0 Å². The summed E-state index contributed by atoms with van der Waals surface area (Å²) < 4.78 is 9.87. The lowest BCUT2D eigenvalue weighted by molar-refractivity contribution is -0.162. The second kappa shape index (κ2) is 6.48. The van der Waals surface area contributed by atoms with E-state index in [1.54, 1.807) is 37.3 Å². The van der Waals surface area contributed by atoms with Crippen molar-refractivity contribution in [2.75, 3.05) is 0 Å². The second-order valence-corrected chi connectivity index (χ2v) is 3.25. The van der Waals surface area contributed by atoms with Gasteiger partial charge in [-0.25, -0.2) is 9.59 Å². The van der Waals surface area contributed by atoms with Gasteiger partial charge in [-0.1, -0.05) is 31.7 Å². The highest BCUT2D eigenvalue weighted by molar-refractivity contribution is 5.89. The molecule has 17 heavy (non-hydrogen) atoms. The van der Waals surface area contributed by atoms with Gasteiger partial charge in [0.1, 0.15) is 0 Å². The van der Waals surface area contributed by atoms with Gasteiger partial charge in [0.05, 0.1) is 5.56 Å². The normalized spacial score (nSPS) is 11.4. The summed E-state index contributed by atoms with van der Waals surface area (Å²) in [5.74, 6) is -1.13. The molecule has 0 aliphatic rings. The molecule has 1 atom stereocenters. The highest BCUT2D eigenvalue weighted by Crippen LogP contribution is 2.07. The molecule has 0 amide bonds. The van der Waals surface area contributed by atoms with Crippen LogP contribution in [0.1, 0.15) is 23.7 Å². The fourth-order valence-electron chi connectivity index (χ4n) is 1.13. The third-order valence-electron chi connectivity index (χ3n) is 2.00. The molecule has 90 valence electrons. The standard InChI is InChI=1S/C13H14O4/c1-3-11(14)16-12(4-2)17-13(15)10-8-6-5-7-9-10/h3,5-9,12H,1,4H2,2H3. The minimum absolute atomic E-state index is 0.387. The molecule has 0 aliphatic heterocycles. The number of carbonyl (C=O) groups excluding carboxylic acids is 2. The first kappa shape index (κ1) is 13.0. The molecule has 4 heteroatoms. The van der Waals surface area contributed by atoms with Crippen LogP contribution in [0.25, 0.3) is 0 Å². The molecule has 1 rings (SSSR count). The average Bonchev–Trinajstić information content (AvgIpc) is 2.38. The summed E-state index contributed by atoms with van der Waals surface area (Å²) in [6.45, 7) is 5.02. The molecule has 0 fully saturated rings. The molecule has 0 aliphatic carbocycles. The Morgan fingerprint density at radius 1 is 1.29 bits per heavy atom. The van der Waals surface area contributed by atoms with Crippen molar-refractivity contribution in [1.29, 1.82) is 0 Å². The summed E-state index contributed by atoms with van der Waals surface area (Å²) in [7, 11) is 0. The zero-order chi connectivity index (χ0) is 12.7. The van der Waals surface area contributed by atoms with E-state index in [-0.39, 0.29) is 0 Å². The Kier molecular flexibility index (Phi) is 4.94. The van der Waals surface area contributed by atoms with Gasteiger partial charge < -0.3 is 9.47 Å². The second-order valence-electron chi connectivity index (χ2n) is 3.25. The molecule has 0 saturated heterocycles. The van der Waals surface area contributed by atoms with Crippen LogP contribution in [0.2, 0.25) is 0 Å². The Labute approximate surface area is 99.8 Å². The predicted octanol–water partition coefficient (Wildman–Crippen LogP) is 2.31. The predicted molar refractivity (Wildman–Crippen MR) is 62.2 cm³/mol. The smallest absolute Gasteiger partial charge is 0.341 e. The van der Waals surface area contributed by atoms with Crippen LogP contribution in [0.3, 0.4) is 0 Å². The van der Waals surface area contributed by atoms with Crippen LogP contribution in [-0.2, 0) is 14.3 Å². The van der Waals surface area contributed by atoms with E-state index in [2.05, 4.69) is 6.58 Å². The van der Waals surface area contributed by atoms with Crippen LogP contribution in [0.4, 0.5) is 0 Å². The number of rotatable bonds is 5. The molecule has 0 aromatic heterocycles. The van der Waals surface area contributed by atoms with Gasteiger partial charge in [0, 0.05) is 12.5 Å². The van der Waals surface area contributed by atoms with Crippen LogP contribution in [-0.4, -0.2) is 18.2 Å². The van der Waals surface area contributed by atoms with Crippen LogP contribution in [0, 0.1) is 0 Å². The molecule has 4 nitrogen and oxygen atoms in total. The number of ether oxygens (including phenoxy) is 2. The van der Waals surface area contributed by atoms with Crippen molar-refractivity contribution in [2.45, 2.75) is 19.6 Å². The first-order valence-corrected chi connectivity index (χ1v) is 5.26. The molecule has 0 saturated carbocycles. The SMILES string of the molecule is C=CC(=O)OC(CC)OC(=O)c1ccccc1. The minimum atomic E-state index is -0.881. The van der Waals surface area contributed by atoms with Crippen LogP contribution >= 0.6 is 0 Å². The van der Waals surface area contributed by atoms with E-state index in [1.807, 2.05) is 0 Å². The van der Waals surface area contributed by atoms with Gasteiger partial charge in [0.2, 0.25) is 6.29 Å². The van der Waals surface area contributed by atoms with Crippen molar-refractivity contribution in [1.82, 2.24) is 0 Å². The monoisotopic (exact) mass is 234 g/mol. The molecule has 0 bridgehead atoms. The van der Waals surface area contributed by atoms with Crippen molar-refractivity contribution in [3.8, 4) is 0 Å². The Hall–Kier alpha value is -2.10. The highest BCUT2D eigenvalue weighted by Gasteiger charge is 2.16. The third kappa shape index (κ3) is 4.10. The number of esters is 2. The lowest BCUT2D eigenvalue weighted by Crippen LogP contribution is -2.23. The van der Waals surface area contributed by atoms with Crippen molar-refractivity contribution in [2.24, 2.45) is 0 Å². The molecule has 1 aromatic rings. The van der Waals surface area contributed by atoms with E-state index >= 15 is 0 Å². The minimum Gasteiger partial charge on any atom is -0.422 e. The highest BCUT2D eigenvalue weighted by atomic mass is 16.7. The zero-order valence-corrected chi connectivity index (χ0v) is 9.59. The van der Waals surface area contributed by atoms with Gasteiger partial charge >= 0.3 is 11.9 Å². The molecule has 0 spiro atoms. The number of carbonyl (C=O) groups is 2. The van der Waals surface area contributed by atoms with E-state index in [0.29, 0.717) is 12.0 Å². The van der Waals surface area contributed by atoms with Crippen molar-refractivity contribution < 1.29 is 19.1 Å². The number of hydrogen-bond donors (Lipinski definition) is 0. The summed E-state index contributed by atoms with van der Waals surface area (Å²) in [6.07, 6.45) is 0.533. The largest absolute Gasteiger partial charge is 0.422 e. The first-order valence-electron chi connectivity index (χ1n) is 5.26. The fraction of sp³-hybridized carbons (Fsp3) is 0.231. The van der Waals surface area contributed by atoms with Crippen molar-refractivity contribution in [3.05, 3.63) is 48.6 Å². The zero-order valence-electron chi connectivity index (χ0n) is 9.59. The molecule has 0 radical (unpaired) electrons. The van der Waals surface area contributed by atoms with Gasteiger partial charge in [-0.05, 0) is 12.1 Å². The summed E-state index contributed by atoms with van der Waals surface area (Å²) >= 11 is 0. The molecule has 0 N–H and O–H groups in total. The Morgan fingerprint density at radius 3 is 2.47 bits per heavy atom. The van der Waals surface area contributed by atoms with Crippen LogP contribution < -0.4 is 0 Å². The Balaban J connectivity index is 2.60. The third-order valence-corrected chi connectivity index (χ3v) is 2.00. The molecular formula is C13H14O4. The summed E-state index contributed by atoms with van der Waals surface area (Å²) in [4.78, 5) is 22.6. The summed E-state index contributed by atoms with van der Waals surface area (Å²) in [5, 5.41) is 0. The maximum Gasteiger partial charge on any atom is 0.341 e. The average molecular weight is 234 g/mol. The van der Waals surface area contributed by atoms with E-state index in [0.717, 1.165) is 6.08 Å². The Morgan fingerprint density at radius 2 is 1.94 bits per heavy atom. The van der Waals surface area contributed by atoms with E-state index in [1.165, 1.54) is 0 Å². The van der Waals surface area contributed by atoms with E-state index in [4.69, 9.17) is 9.47 Å². The van der Waals surface area contributed by atoms with Gasteiger partial charge in [-0.15, -0.1) is 0 Å². The van der Waals surface area contributed by atoms with Gasteiger partial charge in [0.15, 0.2) is 0 Å². The summed E-state index contributed by atoms with van der Waals surface area (Å²) in [5.41, 5.74) is 0.417. The van der Waals surface area contributed by atoms with E-state index < -0.39 is 18.2 Å². The van der Waals surface area contributed by atoms with Crippen molar-refractivity contribution >= 4 is 11.9 Å². The number of benzene rings is 1. The summed E-state index contributed by atoms with van der Waals surface area (Å²) in [6, 6.07) is 8.52. The molecule has 0 heterocycles. The topological polar surface area (TPSA) is 52.6 Å². The molecule has 1 aromatic carbocycles. The van der Waals surface area contributed by atoms with Gasteiger partial charge in [0.25, 0.3) is 0 Å². The Bertz CT molecular complexity index is 397. The quantitative estimate of drug-likeness (QED) is 0.445. The van der Waals surface area contributed by atoms with Crippen LogP contribution in [0.15, 0.2) is 43.0 Å². The van der Waals surface area contributed by atoms with Crippen LogP contribution in [0.5, 0.6) is 0 Å². The van der Waals surface area contributed by atoms with Gasteiger partial charge in [-0.3, -0.25) is 0 Å². The van der Waals surface area contributed by atoms with Gasteiger partial charge in [-0.2, -0.15) is 0 Å². The van der Waals surface area contributed by atoms with E-state index in [9.17, 15) is 9.59 Å². The molecular weight excluding hydrogens is 220 g/mol. The maximum atomic E-state index is 11.6.